The first-order chi connectivity index (χ1) is 9.81. The van der Waals surface area contributed by atoms with E-state index in [-0.39, 0.29) is 17.1 Å². The summed E-state index contributed by atoms with van der Waals surface area (Å²) in [5.41, 5.74) is 1.52. The molecule has 1 heterocycles. The van der Waals surface area contributed by atoms with Crippen LogP contribution in [0.5, 0.6) is 0 Å². The van der Waals surface area contributed by atoms with E-state index in [0.717, 1.165) is 30.5 Å². The monoisotopic (exact) mass is 314 g/mol. The number of aromatic nitrogens is 2. The molecule has 2 rings (SSSR count). The maximum Gasteiger partial charge on any atom is 0.260 e. The van der Waals surface area contributed by atoms with E-state index in [1.807, 2.05) is 20.8 Å². The Bertz CT molecular complexity index is 580. The van der Waals surface area contributed by atoms with Crippen LogP contribution in [0.4, 0.5) is 0 Å². The fourth-order valence-electron chi connectivity index (χ4n) is 2.74. The van der Waals surface area contributed by atoms with Crippen molar-refractivity contribution in [3.63, 3.8) is 0 Å². The summed E-state index contributed by atoms with van der Waals surface area (Å²) in [7, 11) is -3.57. The van der Waals surface area contributed by atoms with Crippen LogP contribution in [0.1, 0.15) is 51.3 Å². The van der Waals surface area contributed by atoms with Gasteiger partial charge in [0.2, 0.25) is 0 Å². The number of H-pyrrole nitrogens is 1. The summed E-state index contributed by atoms with van der Waals surface area (Å²) in [5, 5.41) is 10.2. The van der Waals surface area contributed by atoms with Gasteiger partial charge in [0.05, 0.1) is 0 Å². The zero-order valence-corrected chi connectivity index (χ0v) is 14.0. The van der Waals surface area contributed by atoms with Crippen molar-refractivity contribution in [1.29, 1.82) is 0 Å². The number of nitrogens with zero attached hydrogens (tertiary/aromatic N) is 1. The molecule has 1 fully saturated rings. The summed E-state index contributed by atoms with van der Waals surface area (Å²) in [4.78, 5) is 0. The molecular weight excluding hydrogens is 288 g/mol. The van der Waals surface area contributed by atoms with Crippen molar-refractivity contribution >= 4 is 10.0 Å². The lowest BCUT2D eigenvalue weighted by atomic mass is 10.1. The molecule has 0 aliphatic heterocycles. The van der Waals surface area contributed by atoms with Crippen LogP contribution in [0.25, 0.3) is 0 Å². The number of aryl methyl sites for hydroxylation is 1. The summed E-state index contributed by atoms with van der Waals surface area (Å²) in [6.45, 7) is 8.50. The number of rotatable bonds is 6. The quantitative estimate of drug-likeness (QED) is 0.745. The van der Waals surface area contributed by atoms with Gasteiger partial charge in [-0.25, -0.2) is 13.1 Å². The molecule has 1 saturated carbocycles. The minimum absolute atomic E-state index is 0.0258. The standard InChI is InChI=1S/C14H26N4O2S/c1-9(2)15-8-12-11(4)16-17-14(12)21(19,20)18-13-7-5-6-10(13)3/h9-10,13,15,18H,5-8H2,1-4H3,(H,16,17). The first kappa shape index (κ1) is 16.5. The molecule has 2 unspecified atom stereocenters. The van der Waals surface area contributed by atoms with Gasteiger partial charge in [-0.3, -0.25) is 5.10 Å². The molecule has 0 radical (unpaired) electrons. The van der Waals surface area contributed by atoms with Crippen molar-refractivity contribution in [2.45, 2.75) is 70.6 Å². The van der Waals surface area contributed by atoms with Gasteiger partial charge in [-0.15, -0.1) is 0 Å². The van der Waals surface area contributed by atoms with Crippen LogP contribution in [0, 0.1) is 12.8 Å². The molecule has 1 aromatic heterocycles. The molecule has 1 aliphatic rings. The van der Waals surface area contributed by atoms with Gasteiger partial charge in [-0.2, -0.15) is 5.10 Å². The molecule has 0 aromatic carbocycles. The Morgan fingerprint density at radius 2 is 2.10 bits per heavy atom. The van der Waals surface area contributed by atoms with Crippen molar-refractivity contribution in [3.8, 4) is 0 Å². The highest BCUT2D eigenvalue weighted by Gasteiger charge is 2.31. The third-order valence-electron chi connectivity index (χ3n) is 4.15. The van der Waals surface area contributed by atoms with Crippen LogP contribution in [-0.2, 0) is 16.6 Å². The Morgan fingerprint density at radius 3 is 2.67 bits per heavy atom. The van der Waals surface area contributed by atoms with Gasteiger partial charge in [0.1, 0.15) is 0 Å². The Hall–Kier alpha value is -0.920. The Balaban J connectivity index is 2.19. The smallest absolute Gasteiger partial charge is 0.260 e. The van der Waals surface area contributed by atoms with Gasteiger partial charge >= 0.3 is 0 Å². The average Bonchev–Trinajstić information content (AvgIpc) is 2.94. The second-order valence-electron chi connectivity index (χ2n) is 6.30. The first-order valence-electron chi connectivity index (χ1n) is 7.61. The second kappa shape index (κ2) is 6.46. The highest BCUT2D eigenvalue weighted by atomic mass is 32.2. The summed E-state index contributed by atoms with van der Waals surface area (Å²) >= 11 is 0. The number of aromatic amines is 1. The van der Waals surface area contributed by atoms with Crippen LogP contribution >= 0.6 is 0 Å². The summed E-state index contributed by atoms with van der Waals surface area (Å²) in [5.74, 6) is 0.386. The molecule has 7 heteroatoms. The zero-order chi connectivity index (χ0) is 15.6. The molecule has 0 saturated heterocycles. The average molecular weight is 314 g/mol. The van der Waals surface area contributed by atoms with Gasteiger partial charge in [-0.1, -0.05) is 27.2 Å². The molecule has 0 spiro atoms. The van der Waals surface area contributed by atoms with Crippen molar-refractivity contribution in [2.24, 2.45) is 5.92 Å². The normalized spacial score (nSPS) is 23.1. The molecular formula is C14H26N4O2S. The van der Waals surface area contributed by atoms with E-state index in [0.29, 0.717) is 12.5 Å². The van der Waals surface area contributed by atoms with E-state index in [1.54, 1.807) is 0 Å². The van der Waals surface area contributed by atoms with E-state index >= 15 is 0 Å². The number of nitrogens with one attached hydrogen (secondary N) is 3. The third kappa shape index (κ3) is 3.84. The first-order valence-corrected chi connectivity index (χ1v) is 9.09. The predicted molar refractivity (Wildman–Crippen MR) is 82.4 cm³/mol. The Kier molecular flexibility index (Phi) is 5.06. The van der Waals surface area contributed by atoms with Crippen molar-refractivity contribution in [2.75, 3.05) is 0 Å². The van der Waals surface area contributed by atoms with Crippen molar-refractivity contribution < 1.29 is 8.42 Å². The topological polar surface area (TPSA) is 86.9 Å². The van der Waals surface area contributed by atoms with Gasteiger partial charge in [-0.05, 0) is 25.7 Å². The summed E-state index contributed by atoms with van der Waals surface area (Å²) < 4.78 is 28.0. The van der Waals surface area contributed by atoms with E-state index in [4.69, 9.17) is 0 Å². The minimum atomic E-state index is -3.57. The predicted octanol–water partition coefficient (Wildman–Crippen LogP) is 1.68. The maximum absolute atomic E-state index is 12.6. The molecule has 1 aliphatic carbocycles. The lowest BCUT2D eigenvalue weighted by molar-refractivity contribution is 0.474. The minimum Gasteiger partial charge on any atom is -0.310 e. The van der Waals surface area contributed by atoms with E-state index in [9.17, 15) is 8.42 Å². The second-order valence-corrected chi connectivity index (χ2v) is 7.93. The number of sulfonamides is 1. The van der Waals surface area contributed by atoms with Gasteiger partial charge < -0.3 is 5.32 Å². The van der Waals surface area contributed by atoms with Gasteiger partial charge in [0, 0.05) is 29.9 Å². The van der Waals surface area contributed by atoms with E-state index in [1.165, 1.54) is 0 Å². The van der Waals surface area contributed by atoms with Gasteiger partial charge in [0.25, 0.3) is 10.0 Å². The highest BCUT2D eigenvalue weighted by Crippen LogP contribution is 2.27. The molecule has 21 heavy (non-hydrogen) atoms. The van der Waals surface area contributed by atoms with Crippen LogP contribution in [0.3, 0.4) is 0 Å². The lowest BCUT2D eigenvalue weighted by Gasteiger charge is -2.17. The summed E-state index contributed by atoms with van der Waals surface area (Å²) in [6, 6.07) is 0.315. The third-order valence-corrected chi connectivity index (χ3v) is 5.61. The van der Waals surface area contributed by atoms with Crippen molar-refractivity contribution in [3.05, 3.63) is 11.3 Å². The van der Waals surface area contributed by atoms with Crippen molar-refractivity contribution in [1.82, 2.24) is 20.2 Å². The van der Waals surface area contributed by atoms with Crippen LogP contribution < -0.4 is 10.0 Å². The summed E-state index contributed by atoms with van der Waals surface area (Å²) in [6.07, 6.45) is 3.06. The maximum atomic E-state index is 12.6. The van der Waals surface area contributed by atoms with E-state index < -0.39 is 10.0 Å². The van der Waals surface area contributed by atoms with Crippen LogP contribution in [0.15, 0.2) is 5.03 Å². The van der Waals surface area contributed by atoms with Crippen LogP contribution in [0.2, 0.25) is 0 Å². The van der Waals surface area contributed by atoms with E-state index in [2.05, 4.69) is 27.2 Å². The number of hydrogen-bond donors (Lipinski definition) is 3. The number of hydrogen-bond acceptors (Lipinski definition) is 4. The molecule has 3 N–H and O–H groups in total. The van der Waals surface area contributed by atoms with Crippen LogP contribution in [-0.4, -0.2) is 30.7 Å². The molecule has 1 aromatic rings. The Morgan fingerprint density at radius 1 is 1.38 bits per heavy atom. The fraction of sp³-hybridized carbons (Fsp3) is 0.786. The largest absolute Gasteiger partial charge is 0.310 e. The fourth-order valence-corrected chi connectivity index (χ4v) is 4.32. The Labute approximate surface area is 127 Å². The highest BCUT2D eigenvalue weighted by molar-refractivity contribution is 7.89. The molecule has 2 atom stereocenters. The molecule has 6 nitrogen and oxygen atoms in total. The molecule has 0 amide bonds. The zero-order valence-electron chi connectivity index (χ0n) is 13.2. The van der Waals surface area contributed by atoms with Gasteiger partial charge in [0.15, 0.2) is 5.03 Å². The molecule has 0 bridgehead atoms. The SMILES string of the molecule is Cc1[nH]nc(S(=O)(=O)NC2CCCC2C)c1CNC(C)C. The lowest BCUT2D eigenvalue weighted by Crippen LogP contribution is -2.37. The molecule has 120 valence electrons.